The number of carbonyl (C=O) groups is 1. The lowest BCUT2D eigenvalue weighted by molar-refractivity contribution is -0.117. The zero-order chi connectivity index (χ0) is 13.8. The predicted octanol–water partition coefficient (Wildman–Crippen LogP) is 2.19. The fourth-order valence-corrected chi connectivity index (χ4v) is 3.50. The first-order valence-electron chi connectivity index (χ1n) is 6.41. The summed E-state index contributed by atoms with van der Waals surface area (Å²) in [6.45, 7) is 2.11. The summed E-state index contributed by atoms with van der Waals surface area (Å²) >= 11 is 3.09. The van der Waals surface area contributed by atoms with Crippen LogP contribution in [0.15, 0.2) is 22.9 Å². The van der Waals surface area contributed by atoms with E-state index in [0.717, 1.165) is 23.7 Å². The minimum absolute atomic E-state index is 0.0277. The van der Waals surface area contributed by atoms with Gasteiger partial charge in [-0.15, -0.1) is 22.7 Å². The van der Waals surface area contributed by atoms with Gasteiger partial charge in [0.05, 0.1) is 23.8 Å². The Morgan fingerprint density at radius 2 is 2.50 bits per heavy atom. The zero-order valence-corrected chi connectivity index (χ0v) is 12.4. The van der Waals surface area contributed by atoms with Crippen LogP contribution in [0, 0.1) is 0 Å². The average Bonchev–Trinajstić information content (AvgIpc) is 3.10. The van der Waals surface area contributed by atoms with Gasteiger partial charge < -0.3 is 15.4 Å². The quantitative estimate of drug-likeness (QED) is 0.909. The highest BCUT2D eigenvalue weighted by Gasteiger charge is 2.17. The lowest BCUT2D eigenvalue weighted by Gasteiger charge is -2.22. The monoisotopic (exact) mass is 309 g/mol. The van der Waals surface area contributed by atoms with Crippen LogP contribution >= 0.6 is 22.7 Å². The molecule has 20 heavy (non-hydrogen) atoms. The SMILES string of the molecule is O=C(CC1COCCN1)Nc1nc(-c2cccs2)cs1. The van der Waals surface area contributed by atoms with Crippen molar-refractivity contribution in [2.45, 2.75) is 12.5 Å². The summed E-state index contributed by atoms with van der Waals surface area (Å²) in [7, 11) is 0. The van der Waals surface area contributed by atoms with E-state index in [1.54, 1.807) is 11.3 Å². The molecule has 3 rings (SSSR count). The van der Waals surface area contributed by atoms with Gasteiger partial charge in [-0.1, -0.05) is 6.07 Å². The van der Waals surface area contributed by atoms with E-state index in [9.17, 15) is 4.79 Å². The molecule has 106 valence electrons. The highest BCUT2D eigenvalue weighted by molar-refractivity contribution is 7.16. The molecule has 2 aromatic rings. The van der Waals surface area contributed by atoms with E-state index in [-0.39, 0.29) is 11.9 Å². The van der Waals surface area contributed by atoms with Crippen molar-refractivity contribution in [3.8, 4) is 10.6 Å². The lowest BCUT2D eigenvalue weighted by Crippen LogP contribution is -2.43. The maximum Gasteiger partial charge on any atom is 0.227 e. The number of morpholine rings is 1. The molecule has 3 heterocycles. The number of amides is 1. The Hall–Kier alpha value is -1.28. The average molecular weight is 309 g/mol. The highest BCUT2D eigenvalue weighted by Crippen LogP contribution is 2.28. The second-order valence-corrected chi connectivity index (χ2v) is 6.30. The third-order valence-corrected chi connectivity index (χ3v) is 4.60. The van der Waals surface area contributed by atoms with Crippen LogP contribution in [-0.2, 0) is 9.53 Å². The number of hydrogen-bond donors (Lipinski definition) is 2. The number of ether oxygens (including phenoxy) is 1. The van der Waals surface area contributed by atoms with Crippen molar-refractivity contribution in [3.05, 3.63) is 22.9 Å². The van der Waals surface area contributed by atoms with Gasteiger partial charge in [0.1, 0.15) is 0 Å². The molecule has 2 N–H and O–H groups in total. The Labute approximate surface area is 125 Å². The molecule has 1 unspecified atom stereocenters. The molecular formula is C13H15N3O2S2. The summed E-state index contributed by atoms with van der Waals surface area (Å²) in [4.78, 5) is 17.5. The Morgan fingerprint density at radius 3 is 3.25 bits per heavy atom. The van der Waals surface area contributed by atoms with Gasteiger partial charge in [0.2, 0.25) is 5.91 Å². The summed E-state index contributed by atoms with van der Waals surface area (Å²) in [6, 6.07) is 4.11. The van der Waals surface area contributed by atoms with Gasteiger partial charge in [-0.2, -0.15) is 0 Å². The van der Waals surface area contributed by atoms with Crippen LogP contribution < -0.4 is 10.6 Å². The van der Waals surface area contributed by atoms with Crippen molar-refractivity contribution >= 4 is 33.7 Å². The standard InChI is InChI=1S/C13H15N3O2S2/c17-12(6-9-7-18-4-3-14-9)16-13-15-10(8-20-13)11-2-1-5-19-11/h1-2,5,8-9,14H,3-4,6-7H2,(H,15,16,17). The Balaban J connectivity index is 1.56. The molecule has 1 aliphatic heterocycles. The van der Waals surface area contributed by atoms with Gasteiger partial charge in [0.25, 0.3) is 0 Å². The van der Waals surface area contributed by atoms with Crippen molar-refractivity contribution in [1.82, 2.24) is 10.3 Å². The van der Waals surface area contributed by atoms with E-state index in [1.165, 1.54) is 11.3 Å². The molecule has 7 heteroatoms. The second kappa shape index (κ2) is 6.45. The normalized spacial score (nSPS) is 18.9. The minimum Gasteiger partial charge on any atom is -0.378 e. The van der Waals surface area contributed by atoms with Gasteiger partial charge in [-0.05, 0) is 11.4 Å². The third kappa shape index (κ3) is 3.43. The number of nitrogens with zero attached hydrogens (tertiary/aromatic N) is 1. The maximum atomic E-state index is 11.9. The topological polar surface area (TPSA) is 63.2 Å². The molecule has 5 nitrogen and oxygen atoms in total. The van der Waals surface area contributed by atoms with Crippen LogP contribution in [0.5, 0.6) is 0 Å². The summed E-state index contributed by atoms with van der Waals surface area (Å²) in [5.41, 5.74) is 0.916. The van der Waals surface area contributed by atoms with Crippen LogP contribution in [0.1, 0.15) is 6.42 Å². The van der Waals surface area contributed by atoms with Gasteiger partial charge in [-0.25, -0.2) is 4.98 Å². The number of nitrogens with one attached hydrogen (secondary N) is 2. The largest absolute Gasteiger partial charge is 0.378 e. The first-order valence-corrected chi connectivity index (χ1v) is 8.17. The van der Waals surface area contributed by atoms with E-state index in [2.05, 4.69) is 15.6 Å². The Morgan fingerprint density at radius 1 is 1.55 bits per heavy atom. The molecule has 0 aromatic carbocycles. The molecule has 0 spiro atoms. The third-order valence-electron chi connectivity index (χ3n) is 2.95. The van der Waals surface area contributed by atoms with Crippen LogP contribution in [0.2, 0.25) is 0 Å². The van der Waals surface area contributed by atoms with E-state index >= 15 is 0 Å². The van der Waals surface area contributed by atoms with Gasteiger partial charge >= 0.3 is 0 Å². The molecular weight excluding hydrogens is 294 g/mol. The molecule has 1 aliphatic rings. The molecule has 1 fully saturated rings. The van der Waals surface area contributed by atoms with Crippen molar-refractivity contribution in [2.24, 2.45) is 0 Å². The van der Waals surface area contributed by atoms with Crippen LogP contribution in [-0.4, -0.2) is 36.7 Å². The molecule has 0 saturated carbocycles. The number of carbonyl (C=O) groups excluding carboxylic acids is 1. The zero-order valence-electron chi connectivity index (χ0n) is 10.8. The first-order chi connectivity index (χ1) is 9.81. The fraction of sp³-hybridized carbons (Fsp3) is 0.385. The van der Waals surface area contributed by atoms with Crippen molar-refractivity contribution in [2.75, 3.05) is 25.1 Å². The van der Waals surface area contributed by atoms with E-state index in [0.29, 0.717) is 18.2 Å². The number of thiazole rings is 1. The van der Waals surface area contributed by atoms with Crippen LogP contribution in [0.3, 0.4) is 0 Å². The number of anilines is 1. The molecule has 0 aliphatic carbocycles. The van der Waals surface area contributed by atoms with Crippen molar-refractivity contribution in [1.29, 1.82) is 0 Å². The summed E-state index contributed by atoms with van der Waals surface area (Å²) in [5, 5.41) is 10.7. The van der Waals surface area contributed by atoms with Gasteiger partial charge in [-0.3, -0.25) is 4.79 Å². The summed E-state index contributed by atoms with van der Waals surface area (Å²) < 4.78 is 5.33. The molecule has 2 aromatic heterocycles. The molecule has 0 radical (unpaired) electrons. The van der Waals surface area contributed by atoms with E-state index in [4.69, 9.17) is 4.74 Å². The van der Waals surface area contributed by atoms with Crippen LogP contribution in [0.25, 0.3) is 10.6 Å². The minimum atomic E-state index is -0.0277. The van der Waals surface area contributed by atoms with Gasteiger partial charge in [0.15, 0.2) is 5.13 Å². The smallest absolute Gasteiger partial charge is 0.227 e. The maximum absolute atomic E-state index is 11.9. The molecule has 1 amide bonds. The van der Waals surface area contributed by atoms with Gasteiger partial charge in [0, 0.05) is 24.4 Å². The van der Waals surface area contributed by atoms with Crippen molar-refractivity contribution in [3.63, 3.8) is 0 Å². The Kier molecular flexibility index (Phi) is 4.41. The van der Waals surface area contributed by atoms with Crippen molar-refractivity contribution < 1.29 is 9.53 Å². The first kappa shape index (κ1) is 13.7. The summed E-state index contributed by atoms with van der Waals surface area (Å²) in [6.07, 6.45) is 0.411. The molecule has 1 atom stereocenters. The molecule has 1 saturated heterocycles. The van der Waals surface area contributed by atoms with Crippen LogP contribution in [0.4, 0.5) is 5.13 Å². The lowest BCUT2D eigenvalue weighted by atomic mass is 10.2. The second-order valence-electron chi connectivity index (χ2n) is 4.49. The number of hydrogen-bond acceptors (Lipinski definition) is 6. The number of thiophene rings is 1. The Bertz CT molecular complexity index is 562. The number of aromatic nitrogens is 1. The fourth-order valence-electron chi connectivity index (χ4n) is 2.01. The predicted molar refractivity (Wildman–Crippen MR) is 81.3 cm³/mol. The highest BCUT2D eigenvalue weighted by atomic mass is 32.1. The summed E-state index contributed by atoms with van der Waals surface area (Å²) in [5.74, 6) is -0.0277. The number of rotatable bonds is 4. The van der Waals surface area contributed by atoms with E-state index in [1.807, 2.05) is 22.9 Å². The van der Waals surface area contributed by atoms with E-state index < -0.39 is 0 Å². The molecule has 0 bridgehead atoms.